The van der Waals surface area contributed by atoms with Crippen LogP contribution in [-0.2, 0) is 15.6 Å². The van der Waals surface area contributed by atoms with Gasteiger partial charge in [-0.05, 0) is 56.9 Å². The number of ketones is 1. The second-order valence-electron chi connectivity index (χ2n) is 7.88. The molecular weight excluding hydrogens is 256 g/mol. The van der Waals surface area contributed by atoms with Gasteiger partial charge < -0.3 is 0 Å². The highest BCUT2D eigenvalue weighted by atomic mass is 16.1. The van der Waals surface area contributed by atoms with E-state index in [2.05, 4.69) is 67.5 Å². The molecule has 3 aliphatic rings. The van der Waals surface area contributed by atoms with Gasteiger partial charge in [-0.3, -0.25) is 4.79 Å². The molecule has 0 heterocycles. The largest absolute Gasteiger partial charge is 0.298 e. The molecule has 0 saturated heterocycles. The third-order valence-electron chi connectivity index (χ3n) is 7.11. The SMILES string of the molecule is CC1=C(C)C2(C)c3ccc(C)c(C)c3C1(C)C(=O)C2(C)C. The highest BCUT2D eigenvalue weighted by Crippen LogP contribution is 2.64. The third-order valence-corrected chi connectivity index (χ3v) is 7.11. The summed E-state index contributed by atoms with van der Waals surface area (Å²) in [4.78, 5) is 13.4. The van der Waals surface area contributed by atoms with E-state index in [1.165, 1.54) is 33.4 Å². The lowest BCUT2D eigenvalue weighted by Gasteiger charge is -2.60. The molecule has 0 fully saturated rings. The van der Waals surface area contributed by atoms with Gasteiger partial charge in [0.1, 0.15) is 0 Å². The van der Waals surface area contributed by atoms with E-state index < -0.39 is 5.41 Å². The van der Waals surface area contributed by atoms with Crippen LogP contribution in [0.2, 0.25) is 0 Å². The fourth-order valence-corrected chi connectivity index (χ4v) is 4.96. The zero-order valence-electron chi connectivity index (χ0n) is 14.6. The monoisotopic (exact) mass is 282 g/mol. The Morgan fingerprint density at radius 1 is 0.857 bits per heavy atom. The van der Waals surface area contributed by atoms with Gasteiger partial charge in [-0.15, -0.1) is 0 Å². The average Bonchev–Trinajstić information content (AvgIpc) is 2.43. The Hall–Kier alpha value is -1.37. The molecule has 0 amide bonds. The molecule has 0 aliphatic heterocycles. The molecule has 1 heteroatoms. The van der Waals surface area contributed by atoms with Crippen molar-refractivity contribution in [2.24, 2.45) is 5.41 Å². The predicted octanol–water partition coefficient (Wildman–Crippen LogP) is 4.78. The lowest BCUT2D eigenvalue weighted by Crippen LogP contribution is -2.63. The van der Waals surface area contributed by atoms with Crippen molar-refractivity contribution in [1.29, 1.82) is 0 Å². The van der Waals surface area contributed by atoms with Gasteiger partial charge in [0, 0.05) is 10.8 Å². The van der Waals surface area contributed by atoms with E-state index in [4.69, 9.17) is 0 Å². The van der Waals surface area contributed by atoms with Crippen LogP contribution >= 0.6 is 0 Å². The van der Waals surface area contributed by atoms with Gasteiger partial charge in [0.25, 0.3) is 0 Å². The van der Waals surface area contributed by atoms with E-state index in [0.717, 1.165) is 0 Å². The number of allylic oxidation sites excluding steroid dienone is 2. The minimum atomic E-state index is -0.462. The number of Topliss-reactive ketones (excluding diaryl/α,β-unsaturated/α-hetero) is 1. The predicted molar refractivity (Wildman–Crippen MR) is 87.8 cm³/mol. The fraction of sp³-hybridized carbons (Fsp3) is 0.550. The maximum atomic E-state index is 13.4. The van der Waals surface area contributed by atoms with Crippen molar-refractivity contribution in [2.75, 3.05) is 0 Å². The molecule has 4 rings (SSSR count). The molecule has 1 nitrogen and oxygen atoms in total. The molecular formula is C20H26O. The number of benzene rings is 1. The summed E-state index contributed by atoms with van der Waals surface area (Å²) < 4.78 is 0. The smallest absolute Gasteiger partial charge is 0.153 e. The van der Waals surface area contributed by atoms with Gasteiger partial charge in [-0.2, -0.15) is 0 Å². The van der Waals surface area contributed by atoms with Gasteiger partial charge in [-0.25, -0.2) is 0 Å². The summed E-state index contributed by atoms with van der Waals surface area (Å²) in [5.74, 6) is 0.377. The summed E-state index contributed by atoms with van der Waals surface area (Å²) in [6.07, 6.45) is 0. The molecule has 1 aromatic rings. The van der Waals surface area contributed by atoms with Crippen LogP contribution in [0.5, 0.6) is 0 Å². The second kappa shape index (κ2) is 3.69. The quantitative estimate of drug-likeness (QED) is 0.626. The van der Waals surface area contributed by atoms with Crippen molar-refractivity contribution in [3.8, 4) is 0 Å². The van der Waals surface area contributed by atoms with E-state index in [0.29, 0.717) is 5.78 Å². The number of hydrogen-bond acceptors (Lipinski definition) is 1. The van der Waals surface area contributed by atoms with Gasteiger partial charge in [-0.1, -0.05) is 44.1 Å². The minimum absolute atomic E-state index is 0.195. The summed E-state index contributed by atoms with van der Waals surface area (Å²) in [6, 6.07) is 4.48. The summed E-state index contributed by atoms with van der Waals surface area (Å²) >= 11 is 0. The summed E-state index contributed by atoms with van der Waals surface area (Å²) in [6.45, 7) is 17.3. The van der Waals surface area contributed by atoms with Crippen LogP contribution in [0.3, 0.4) is 0 Å². The standard InChI is InChI=1S/C20H26O/c1-11-9-10-15-16(12(11)2)19(7)13(3)14(4)20(15,8)18(5,6)17(19)21/h9-10H,1-8H3. The third kappa shape index (κ3) is 1.23. The molecule has 0 spiro atoms. The molecule has 2 atom stereocenters. The number of rotatable bonds is 0. The molecule has 112 valence electrons. The van der Waals surface area contributed by atoms with Crippen molar-refractivity contribution < 1.29 is 4.79 Å². The zero-order chi connectivity index (χ0) is 16.0. The van der Waals surface area contributed by atoms with Crippen LogP contribution in [0.1, 0.15) is 63.8 Å². The summed E-state index contributed by atoms with van der Waals surface area (Å²) in [7, 11) is 0. The number of carbonyl (C=O) groups excluding carboxylic acids is 1. The van der Waals surface area contributed by atoms with Gasteiger partial charge in [0.2, 0.25) is 0 Å². The van der Waals surface area contributed by atoms with Crippen molar-refractivity contribution in [3.05, 3.63) is 45.5 Å². The molecule has 2 bridgehead atoms. The first-order valence-electron chi connectivity index (χ1n) is 7.86. The van der Waals surface area contributed by atoms with Crippen LogP contribution in [0.4, 0.5) is 0 Å². The molecule has 3 aliphatic carbocycles. The zero-order valence-corrected chi connectivity index (χ0v) is 14.6. The van der Waals surface area contributed by atoms with Crippen molar-refractivity contribution in [1.82, 2.24) is 0 Å². The molecule has 0 N–H and O–H groups in total. The van der Waals surface area contributed by atoms with E-state index in [9.17, 15) is 4.79 Å². The molecule has 0 aromatic heterocycles. The van der Waals surface area contributed by atoms with Gasteiger partial charge in [0.15, 0.2) is 5.78 Å². The number of hydrogen-bond donors (Lipinski definition) is 0. The maximum Gasteiger partial charge on any atom is 0.153 e. The first-order valence-corrected chi connectivity index (χ1v) is 7.86. The Kier molecular flexibility index (Phi) is 2.56. The average molecular weight is 282 g/mol. The molecule has 0 saturated carbocycles. The lowest BCUT2D eigenvalue weighted by atomic mass is 9.41. The van der Waals surface area contributed by atoms with Crippen LogP contribution in [0.15, 0.2) is 23.3 Å². The molecule has 21 heavy (non-hydrogen) atoms. The second-order valence-corrected chi connectivity index (χ2v) is 7.88. The van der Waals surface area contributed by atoms with E-state index in [1.807, 2.05) is 0 Å². The van der Waals surface area contributed by atoms with Crippen molar-refractivity contribution in [2.45, 2.75) is 66.2 Å². The van der Waals surface area contributed by atoms with E-state index in [-0.39, 0.29) is 10.8 Å². The van der Waals surface area contributed by atoms with Gasteiger partial charge >= 0.3 is 0 Å². The van der Waals surface area contributed by atoms with Crippen molar-refractivity contribution >= 4 is 5.78 Å². The Balaban J connectivity index is 2.58. The Morgan fingerprint density at radius 2 is 1.43 bits per heavy atom. The van der Waals surface area contributed by atoms with Crippen LogP contribution in [0.25, 0.3) is 0 Å². The first kappa shape index (κ1) is 14.6. The normalized spacial score (nSPS) is 33.4. The van der Waals surface area contributed by atoms with E-state index in [1.54, 1.807) is 0 Å². The topological polar surface area (TPSA) is 17.1 Å². The Labute approximate surface area is 128 Å². The lowest BCUT2D eigenvalue weighted by molar-refractivity contribution is -0.137. The van der Waals surface area contributed by atoms with Gasteiger partial charge in [0.05, 0.1) is 5.41 Å². The highest BCUT2D eigenvalue weighted by Gasteiger charge is 2.65. The number of aryl methyl sites for hydroxylation is 1. The fourth-order valence-electron chi connectivity index (χ4n) is 4.96. The molecule has 0 radical (unpaired) electrons. The van der Waals surface area contributed by atoms with Crippen molar-refractivity contribution in [3.63, 3.8) is 0 Å². The Morgan fingerprint density at radius 3 is 2.00 bits per heavy atom. The van der Waals surface area contributed by atoms with Crippen LogP contribution in [-0.4, -0.2) is 5.78 Å². The summed E-state index contributed by atoms with van der Waals surface area (Å²) in [5.41, 5.74) is 6.83. The summed E-state index contributed by atoms with van der Waals surface area (Å²) in [5, 5.41) is 0. The highest BCUT2D eigenvalue weighted by molar-refractivity contribution is 6.04. The van der Waals surface area contributed by atoms with E-state index >= 15 is 0 Å². The first-order chi connectivity index (χ1) is 9.52. The van der Waals surface area contributed by atoms with Crippen LogP contribution < -0.4 is 0 Å². The maximum absolute atomic E-state index is 13.4. The Bertz CT molecular complexity index is 720. The molecule has 2 unspecified atom stereocenters. The number of fused-ring (bicyclic) bond motifs is 1. The number of carbonyl (C=O) groups is 1. The molecule has 1 aromatic carbocycles. The van der Waals surface area contributed by atoms with Crippen LogP contribution in [0, 0.1) is 19.3 Å². The minimum Gasteiger partial charge on any atom is -0.298 e.